The summed E-state index contributed by atoms with van der Waals surface area (Å²) in [7, 11) is 0. The Kier molecular flexibility index (Phi) is 6.52. The van der Waals surface area contributed by atoms with Gasteiger partial charge < -0.3 is 19.7 Å². The first kappa shape index (κ1) is 19.0. The van der Waals surface area contributed by atoms with Gasteiger partial charge >= 0.3 is 0 Å². The van der Waals surface area contributed by atoms with Gasteiger partial charge in [-0.15, -0.1) is 0 Å². The monoisotopic (exact) mass is 369 g/mol. The molecule has 2 heterocycles. The predicted octanol–water partition coefficient (Wildman–Crippen LogP) is 4.12. The third-order valence-electron chi connectivity index (χ3n) is 4.40. The van der Waals surface area contributed by atoms with E-state index in [1.54, 1.807) is 24.4 Å². The number of benzene rings is 1. The van der Waals surface area contributed by atoms with Gasteiger partial charge in [0.05, 0.1) is 25.1 Å². The van der Waals surface area contributed by atoms with Crippen molar-refractivity contribution in [1.29, 1.82) is 0 Å². The highest BCUT2D eigenvalue weighted by Gasteiger charge is 2.15. The van der Waals surface area contributed by atoms with Gasteiger partial charge in [0.15, 0.2) is 11.5 Å². The van der Waals surface area contributed by atoms with Crippen molar-refractivity contribution in [3.63, 3.8) is 0 Å². The first-order chi connectivity index (χ1) is 13.2. The minimum atomic E-state index is -0.200. The Balaban J connectivity index is 1.68. The van der Waals surface area contributed by atoms with Crippen molar-refractivity contribution >= 4 is 17.4 Å². The molecule has 2 aromatic rings. The molecule has 0 radical (unpaired) electrons. The molecule has 144 valence electrons. The lowest BCUT2D eigenvalue weighted by molar-refractivity contribution is 0.102. The van der Waals surface area contributed by atoms with E-state index in [1.165, 1.54) is 12.8 Å². The lowest BCUT2D eigenvalue weighted by atomic mass is 10.2. The molecule has 0 unspecified atom stereocenters. The summed E-state index contributed by atoms with van der Waals surface area (Å²) in [5.74, 6) is 2.00. The second kappa shape index (κ2) is 9.26. The quantitative estimate of drug-likeness (QED) is 0.758. The Labute approximate surface area is 160 Å². The molecule has 0 saturated carbocycles. The Bertz CT molecular complexity index is 756. The summed E-state index contributed by atoms with van der Waals surface area (Å²) in [5.41, 5.74) is 1.19. The summed E-state index contributed by atoms with van der Waals surface area (Å²) in [6.07, 6.45) is 5.03. The maximum atomic E-state index is 12.6. The highest BCUT2D eigenvalue weighted by molar-refractivity contribution is 6.04. The van der Waals surface area contributed by atoms with Crippen molar-refractivity contribution < 1.29 is 14.3 Å². The van der Waals surface area contributed by atoms with E-state index in [2.05, 4.69) is 15.2 Å². The average molecular weight is 369 g/mol. The fourth-order valence-electron chi connectivity index (χ4n) is 3.05. The van der Waals surface area contributed by atoms with Gasteiger partial charge in [-0.05, 0) is 56.5 Å². The van der Waals surface area contributed by atoms with Crippen LogP contribution >= 0.6 is 0 Å². The zero-order valence-corrected chi connectivity index (χ0v) is 16.0. The molecule has 1 N–H and O–H groups in total. The van der Waals surface area contributed by atoms with E-state index in [0.717, 1.165) is 25.3 Å². The molecule has 27 heavy (non-hydrogen) atoms. The Morgan fingerprint density at radius 3 is 2.59 bits per heavy atom. The number of anilines is 2. The number of ether oxygens (including phenoxy) is 2. The molecule has 1 aromatic heterocycles. The number of nitrogens with one attached hydrogen (secondary N) is 1. The standard InChI is InChI=1S/C21H27N3O3/c1-3-13-27-18-9-7-16(14-19(18)26-4-2)21(25)23-17-8-10-20(22-15-17)24-11-5-6-12-24/h7-10,14-15H,3-6,11-13H2,1-2H3,(H,23,25). The van der Waals surface area contributed by atoms with Crippen molar-refractivity contribution in [3.05, 3.63) is 42.1 Å². The van der Waals surface area contributed by atoms with Gasteiger partial charge in [-0.1, -0.05) is 6.92 Å². The maximum Gasteiger partial charge on any atom is 0.255 e. The van der Waals surface area contributed by atoms with Crippen molar-refractivity contribution in [3.8, 4) is 11.5 Å². The number of hydrogen-bond donors (Lipinski definition) is 1. The van der Waals surface area contributed by atoms with Gasteiger partial charge in [0.25, 0.3) is 5.91 Å². The summed E-state index contributed by atoms with van der Waals surface area (Å²) >= 11 is 0. The van der Waals surface area contributed by atoms with Gasteiger partial charge in [0, 0.05) is 18.7 Å². The van der Waals surface area contributed by atoms with Crippen LogP contribution in [0.4, 0.5) is 11.5 Å². The van der Waals surface area contributed by atoms with Gasteiger partial charge in [0.1, 0.15) is 5.82 Å². The molecule has 1 aliphatic heterocycles. The van der Waals surface area contributed by atoms with Crippen molar-refractivity contribution in [2.75, 3.05) is 36.5 Å². The highest BCUT2D eigenvalue weighted by atomic mass is 16.5. The number of pyridine rings is 1. The number of nitrogens with zero attached hydrogens (tertiary/aromatic N) is 2. The van der Waals surface area contributed by atoms with E-state index in [4.69, 9.17) is 9.47 Å². The molecule has 1 amide bonds. The molecule has 1 fully saturated rings. The first-order valence-electron chi connectivity index (χ1n) is 9.63. The molecule has 0 bridgehead atoms. The molecular weight excluding hydrogens is 342 g/mol. The van der Waals surface area contributed by atoms with Crippen LogP contribution in [-0.4, -0.2) is 37.2 Å². The van der Waals surface area contributed by atoms with Crippen LogP contribution < -0.4 is 19.7 Å². The molecule has 0 atom stereocenters. The van der Waals surface area contributed by atoms with Crippen molar-refractivity contribution in [2.24, 2.45) is 0 Å². The number of amides is 1. The van der Waals surface area contributed by atoms with E-state index < -0.39 is 0 Å². The molecule has 6 heteroatoms. The Morgan fingerprint density at radius 2 is 1.93 bits per heavy atom. The van der Waals surface area contributed by atoms with Crippen LogP contribution in [-0.2, 0) is 0 Å². The zero-order chi connectivity index (χ0) is 19.1. The smallest absolute Gasteiger partial charge is 0.255 e. The van der Waals surface area contributed by atoms with Crippen LogP contribution in [0.1, 0.15) is 43.5 Å². The van der Waals surface area contributed by atoms with E-state index >= 15 is 0 Å². The lowest BCUT2D eigenvalue weighted by Crippen LogP contribution is -2.19. The normalized spacial score (nSPS) is 13.5. The average Bonchev–Trinajstić information content (AvgIpc) is 3.22. The molecule has 0 spiro atoms. The molecule has 1 aliphatic rings. The molecule has 0 aliphatic carbocycles. The third-order valence-corrected chi connectivity index (χ3v) is 4.40. The van der Waals surface area contributed by atoms with E-state index in [0.29, 0.717) is 36.0 Å². The van der Waals surface area contributed by atoms with Crippen molar-refractivity contribution in [2.45, 2.75) is 33.1 Å². The van der Waals surface area contributed by atoms with Crippen LogP contribution in [0.25, 0.3) is 0 Å². The predicted molar refractivity (Wildman–Crippen MR) is 107 cm³/mol. The molecule has 3 rings (SSSR count). The number of aromatic nitrogens is 1. The number of carbonyl (C=O) groups is 1. The van der Waals surface area contributed by atoms with Gasteiger partial charge in [-0.3, -0.25) is 4.79 Å². The Morgan fingerprint density at radius 1 is 1.11 bits per heavy atom. The van der Waals surface area contributed by atoms with Crippen molar-refractivity contribution in [1.82, 2.24) is 4.98 Å². The number of carbonyl (C=O) groups excluding carboxylic acids is 1. The second-order valence-electron chi connectivity index (χ2n) is 6.50. The first-order valence-corrected chi connectivity index (χ1v) is 9.63. The molecular formula is C21H27N3O3. The third kappa shape index (κ3) is 4.90. The van der Waals surface area contributed by atoms with Crippen LogP contribution in [0.3, 0.4) is 0 Å². The van der Waals surface area contributed by atoms with E-state index in [9.17, 15) is 4.79 Å². The van der Waals surface area contributed by atoms with E-state index in [-0.39, 0.29) is 5.91 Å². The summed E-state index contributed by atoms with van der Waals surface area (Å²) in [5, 5.41) is 2.89. The summed E-state index contributed by atoms with van der Waals surface area (Å²) < 4.78 is 11.3. The zero-order valence-electron chi connectivity index (χ0n) is 16.0. The van der Waals surface area contributed by atoms with Crippen LogP contribution in [0.5, 0.6) is 11.5 Å². The Hall–Kier alpha value is -2.76. The van der Waals surface area contributed by atoms with Crippen LogP contribution in [0.15, 0.2) is 36.5 Å². The fourth-order valence-corrected chi connectivity index (χ4v) is 3.05. The second-order valence-corrected chi connectivity index (χ2v) is 6.50. The molecule has 1 saturated heterocycles. The summed E-state index contributed by atoms with van der Waals surface area (Å²) in [4.78, 5) is 19.3. The fraction of sp³-hybridized carbons (Fsp3) is 0.429. The van der Waals surface area contributed by atoms with Gasteiger partial charge in [0.2, 0.25) is 0 Å². The maximum absolute atomic E-state index is 12.6. The SMILES string of the molecule is CCCOc1ccc(C(=O)Nc2ccc(N3CCCC3)nc2)cc1OCC. The minimum absolute atomic E-state index is 0.200. The number of hydrogen-bond acceptors (Lipinski definition) is 5. The number of rotatable bonds is 8. The topological polar surface area (TPSA) is 63.7 Å². The molecule has 1 aromatic carbocycles. The van der Waals surface area contributed by atoms with Gasteiger partial charge in [-0.25, -0.2) is 4.98 Å². The van der Waals surface area contributed by atoms with E-state index in [1.807, 2.05) is 26.0 Å². The highest BCUT2D eigenvalue weighted by Crippen LogP contribution is 2.29. The minimum Gasteiger partial charge on any atom is -0.490 e. The van der Waals surface area contributed by atoms with Crippen LogP contribution in [0, 0.1) is 0 Å². The summed E-state index contributed by atoms with van der Waals surface area (Å²) in [6, 6.07) is 9.09. The molecule has 6 nitrogen and oxygen atoms in total. The van der Waals surface area contributed by atoms with Crippen LogP contribution in [0.2, 0.25) is 0 Å². The lowest BCUT2D eigenvalue weighted by Gasteiger charge is -2.16. The summed E-state index contributed by atoms with van der Waals surface area (Å²) in [6.45, 7) is 7.17. The largest absolute Gasteiger partial charge is 0.490 e. The van der Waals surface area contributed by atoms with Gasteiger partial charge in [-0.2, -0.15) is 0 Å².